The van der Waals surface area contributed by atoms with Crippen molar-refractivity contribution in [3.05, 3.63) is 11.8 Å². The summed E-state index contributed by atoms with van der Waals surface area (Å²) >= 11 is 5.44. The van der Waals surface area contributed by atoms with Gasteiger partial charge in [0.15, 0.2) is 6.29 Å². The van der Waals surface area contributed by atoms with E-state index in [0.717, 1.165) is 0 Å². The number of alkyl halides is 1. The molecular weight excluding hydrogens is 270 g/mol. The third-order valence-corrected chi connectivity index (χ3v) is 2.17. The summed E-state index contributed by atoms with van der Waals surface area (Å²) in [7, 11) is 0. The fourth-order valence-corrected chi connectivity index (χ4v) is 1.29. The van der Waals surface area contributed by atoms with Gasteiger partial charge in [-0.05, 0) is 13.8 Å². The van der Waals surface area contributed by atoms with E-state index < -0.39 is 12.2 Å². The molecule has 0 atom stereocenters. The highest BCUT2D eigenvalue weighted by Crippen LogP contribution is 1.95. The topological polar surface area (TPSA) is 83.4 Å². The molecule has 0 spiro atoms. The van der Waals surface area contributed by atoms with Crippen LogP contribution in [0.3, 0.4) is 0 Å². The maximum Gasteiger partial charge on any atom is 0.263 e. The molecule has 108 valence electrons. The molecule has 0 saturated heterocycles. The second kappa shape index (κ2) is 11.8. The quantitative estimate of drug-likeness (QED) is 0.268. The van der Waals surface area contributed by atoms with Crippen molar-refractivity contribution in [1.29, 1.82) is 5.26 Å². The maximum atomic E-state index is 11.5. The average molecular weight is 290 g/mol. The van der Waals surface area contributed by atoms with Crippen molar-refractivity contribution >= 4 is 17.5 Å². The van der Waals surface area contributed by atoms with Crippen molar-refractivity contribution < 1.29 is 14.3 Å². The molecule has 0 rings (SSSR count). The minimum atomic E-state index is -0.458. The molecule has 0 unspecified atom stereocenters. The number of hydrogen-bond acceptors (Lipinski definition) is 5. The van der Waals surface area contributed by atoms with E-state index in [9.17, 15) is 4.79 Å². The van der Waals surface area contributed by atoms with Gasteiger partial charge in [-0.1, -0.05) is 0 Å². The number of rotatable bonds is 10. The number of nitrogens with one attached hydrogen (secondary N) is 2. The third kappa shape index (κ3) is 8.43. The Balaban J connectivity index is 4.25. The predicted molar refractivity (Wildman–Crippen MR) is 72.5 cm³/mol. The molecule has 7 heteroatoms. The molecule has 0 aromatic heterocycles. The Morgan fingerprint density at radius 2 is 2.05 bits per heavy atom. The SMILES string of the molecule is CCOC(CN/C=C(/C#N)C(=O)NCCCl)OCC. The summed E-state index contributed by atoms with van der Waals surface area (Å²) < 4.78 is 10.6. The van der Waals surface area contributed by atoms with Gasteiger partial charge < -0.3 is 20.1 Å². The lowest BCUT2D eigenvalue weighted by atomic mass is 10.3. The number of carbonyl (C=O) groups excluding carboxylic acids is 1. The number of ether oxygens (including phenoxy) is 2. The van der Waals surface area contributed by atoms with E-state index in [2.05, 4.69) is 10.6 Å². The largest absolute Gasteiger partial charge is 0.385 e. The van der Waals surface area contributed by atoms with E-state index in [1.807, 2.05) is 19.9 Å². The summed E-state index contributed by atoms with van der Waals surface area (Å²) in [5.74, 6) is -0.158. The van der Waals surface area contributed by atoms with E-state index in [0.29, 0.717) is 32.2 Å². The second-order valence-corrected chi connectivity index (χ2v) is 3.74. The van der Waals surface area contributed by atoms with Crippen LogP contribution in [0.1, 0.15) is 13.8 Å². The van der Waals surface area contributed by atoms with Crippen LogP contribution in [0.5, 0.6) is 0 Å². The Hall–Kier alpha value is -1.29. The molecule has 0 aliphatic rings. The smallest absolute Gasteiger partial charge is 0.263 e. The van der Waals surface area contributed by atoms with Gasteiger partial charge in [0.1, 0.15) is 11.6 Å². The Morgan fingerprint density at radius 1 is 1.42 bits per heavy atom. The van der Waals surface area contributed by atoms with Crippen molar-refractivity contribution in [1.82, 2.24) is 10.6 Å². The first-order valence-electron chi connectivity index (χ1n) is 6.10. The first-order chi connectivity index (χ1) is 9.19. The van der Waals surface area contributed by atoms with Gasteiger partial charge in [0.25, 0.3) is 5.91 Å². The molecule has 0 aromatic carbocycles. The summed E-state index contributed by atoms with van der Waals surface area (Å²) in [6.07, 6.45) is 0.936. The molecule has 0 bridgehead atoms. The number of amides is 1. The van der Waals surface area contributed by atoms with Crippen molar-refractivity contribution in [2.75, 3.05) is 32.2 Å². The Labute approximate surface area is 118 Å². The van der Waals surface area contributed by atoms with Crippen LogP contribution in [0.15, 0.2) is 11.8 Å². The Morgan fingerprint density at radius 3 is 2.53 bits per heavy atom. The maximum absolute atomic E-state index is 11.5. The molecule has 0 fully saturated rings. The summed E-state index contributed by atoms with van der Waals surface area (Å²) in [6, 6.07) is 1.81. The normalized spacial score (nSPS) is 11.2. The molecule has 0 aromatic rings. The van der Waals surface area contributed by atoms with Crippen LogP contribution >= 0.6 is 11.6 Å². The first kappa shape index (κ1) is 17.7. The molecule has 6 nitrogen and oxygen atoms in total. The molecule has 19 heavy (non-hydrogen) atoms. The molecule has 1 amide bonds. The molecule has 0 heterocycles. The standard InChI is InChI=1S/C12H20ClN3O3/c1-3-18-11(19-4-2)9-15-8-10(7-14)12(17)16-6-5-13/h8,11,15H,3-6,9H2,1-2H3,(H,16,17)/b10-8-. The molecule has 2 N–H and O–H groups in total. The minimum Gasteiger partial charge on any atom is -0.385 e. The number of hydrogen-bond donors (Lipinski definition) is 2. The highest BCUT2D eigenvalue weighted by molar-refractivity contribution is 6.18. The van der Waals surface area contributed by atoms with Gasteiger partial charge in [0.2, 0.25) is 0 Å². The van der Waals surface area contributed by atoms with Gasteiger partial charge >= 0.3 is 0 Å². The van der Waals surface area contributed by atoms with E-state index in [1.54, 1.807) is 0 Å². The van der Waals surface area contributed by atoms with Crippen molar-refractivity contribution in [2.24, 2.45) is 0 Å². The summed E-state index contributed by atoms with van der Waals surface area (Å²) in [4.78, 5) is 11.5. The van der Waals surface area contributed by atoms with Crippen LogP contribution in [-0.2, 0) is 14.3 Å². The molecule has 0 aliphatic heterocycles. The third-order valence-electron chi connectivity index (χ3n) is 1.98. The minimum absolute atomic E-state index is 0.0168. The fourth-order valence-electron chi connectivity index (χ4n) is 1.20. The molecule has 0 saturated carbocycles. The molecule has 0 radical (unpaired) electrons. The van der Waals surface area contributed by atoms with Gasteiger partial charge in [0.05, 0.1) is 6.54 Å². The van der Waals surface area contributed by atoms with Crippen LogP contribution < -0.4 is 10.6 Å². The Bertz CT molecular complexity index is 323. The van der Waals surface area contributed by atoms with Gasteiger partial charge in [-0.3, -0.25) is 4.79 Å². The van der Waals surface area contributed by atoms with Crippen molar-refractivity contribution in [3.8, 4) is 6.07 Å². The monoisotopic (exact) mass is 289 g/mol. The molecule has 0 aliphatic carbocycles. The summed E-state index contributed by atoms with van der Waals surface area (Å²) in [5.41, 5.74) is -0.0168. The lowest BCUT2D eigenvalue weighted by molar-refractivity contribution is -0.131. The predicted octanol–water partition coefficient (Wildman–Crippen LogP) is 0.738. The zero-order valence-electron chi connectivity index (χ0n) is 11.2. The molecular formula is C12H20ClN3O3. The lowest BCUT2D eigenvalue weighted by Gasteiger charge is -2.16. The second-order valence-electron chi connectivity index (χ2n) is 3.36. The van der Waals surface area contributed by atoms with Crippen LogP contribution in [0.4, 0.5) is 0 Å². The number of halogens is 1. The van der Waals surface area contributed by atoms with E-state index in [1.165, 1.54) is 6.20 Å². The average Bonchev–Trinajstić information content (AvgIpc) is 2.41. The summed E-state index contributed by atoms with van der Waals surface area (Å²) in [5, 5.41) is 14.2. The van der Waals surface area contributed by atoms with Gasteiger partial charge in [-0.15, -0.1) is 11.6 Å². The zero-order chi connectivity index (χ0) is 14.5. The first-order valence-corrected chi connectivity index (χ1v) is 6.64. The fraction of sp³-hybridized carbons (Fsp3) is 0.667. The van der Waals surface area contributed by atoms with Gasteiger partial charge in [-0.2, -0.15) is 5.26 Å². The number of carbonyl (C=O) groups is 1. The van der Waals surface area contributed by atoms with Crippen LogP contribution in [-0.4, -0.2) is 44.4 Å². The van der Waals surface area contributed by atoms with Crippen LogP contribution in [0.2, 0.25) is 0 Å². The Kier molecular flexibility index (Phi) is 11.0. The summed E-state index contributed by atoms with van der Waals surface area (Å²) in [6.45, 7) is 5.45. The zero-order valence-corrected chi connectivity index (χ0v) is 12.0. The number of nitriles is 1. The highest BCUT2D eigenvalue weighted by atomic mass is 35.5. The van der Waals surface area contributed by atoms with Gasteiger partial charge in [0, 0.05) is 31.8 Å². The highest BCUT2D eigenvalue weighted by Gasteiger charge is 2.09. The van der Waals surface area contributed by atoms with Crippen LogP contribution in [0.25, 0.3) is 0 Å². The van der Waals surface area contributed by atoms with Crippen LogP contribution in [0, 0.1) is 11.3 Å². The van der Waals surface area contributed by atoms with E-state index >= 15 is 0 Å². The van der Waals surface area contributed by atoms with Gasteiger partial charge in [-0.25, -0.2) is 0 Å². The lowest BCUT2D eigenvalue weighted by Crippen LogP contribution is -2.31. The van der Waals surface area contributed by atoms with E-state index in [4.69, 9.17) is 26.3 Å². The van der Waals surface area contributed by atoms with Crippen molar-refractivity contribution in [3.63, 3.8) is 0 Å². The van der Waals surface area contributed by atoms with Crippen molar-refractivity contribution in [2.45, 2.75) is 20.1 Å². The van der Waals surface area contributed by atoms with E-state index in [-0.39, 0.29) is 5.57 Å². The number of nitrogens with zero attached hydrogens (tertiary/aromatic N) is 1.